The van der Waals surface area contributed by atoms with Crippen molar-refractivity contribution in [2.24, 2.45) is 4.99 Å². The van der Waals surface area contributed by atoms with Gasteiger partial charge in [-0.1, -0.05) is 49.7 Å². The minimum absolute atomic E-state index is 0.305. The Morgan fingerprint density at radius 3 is 2.55 bits per heavy atom. The van der Waals surface area contributed by atoms with Crippen molar-refractivity contribution in [3.8, 4) is 28.5 Å². The first-order valence-corrected chi connectivity index (χ1v) is 15.0. The highest BCUT2D eigenvalue weighted by Gasteiger charge is 2.31. The van der Waals surface area contributed by atoms with Gasteiger partial charge in [0, 0.05) is 23.7 Å². The number of nitrogens with zero attached hydrogens (tertiary/aromatic N) is 5. The Bertz CT molecular complexity index is 1770. The quantitative estimate of drug-likeness (QED) is 0.168. The Morgan fingerprint density at radius 1 is 1.05 bits per heavy atom. The molecule has 0 saturated carbocycles. The van der Waals surface area contributed by atoms with Crippen molar-refractivity contribution in [2.75, 3.05) is 6.54 Å². The topological polar surface area (TPSA) is 86.3 Å². The lowest BCUT2D eigenvalue weighted by atomic mass is 10.1. The Kier molecular flexibility index (Phi) is 9.59. The Balaban J connectivity index is 1.14. The molecule has 2 heterocycles. The normalized spacial score (nSPS) is 12.0. The number of hydrogen-bond acceptors (Lipinski definition) is 5. The third-order valence-electron chi connectivity index (χ3n) is 6.76. The van der Waals surface area contributed by atoms with E-state index in [-0.39, 0.29) is 11.8 Å². The lowest BCUT2D eigenvalue weighted by molar-refractivity contribution is -0.274. The van der Waals surface area contributed by atoms with Gasteiger partial charge in [0.25, 0.3) is 0 Å². The molecule has 0 aliphatic rings. The minimum atomic E-state index is -4.74. The van der Waals surface area contributed by atoms with Crippen molar-refractivity contribution in [3.63, 3.8) is 0 Å². The van der Waals surface area contributed by atoms with Crippen molar-refractivity contribution >= 4 is 17.4 Å². The highest BCUT2D eigenvalue weighted by atomic mass is 32.1. The van der Waals surface area contributed by atoms with Crippen molar-refractivity contribution in [1.29, 1.82) is 0 Å². The second-order valence-corrected chi connectivity index (χ2v) is 11.0. The fraction of sp³-hybridized carbons (Fsp3) is 0.250. The molecule has 0 unspecified atom stereocenters. The number of alkyl halides is 3. The second kappa shape index (κ2) is 13.7. The van der Waals surface area contributed by atoms with Gasteiger partial charge in [0.2, 0.25) is 0 Å². The molecule has 1 N–H and O–H groups in total. The summed E-state index contributed by atoms with van der Waals surface area (Å²) >= 11 is 1.42. The van der Waals surface area contributed by atoms with E-state index < -0.39 is 6.36 Å². The average molecular weight is 621 g/mol. The van der Waals surface area contributed by atoms with E-state index in [1.165, 1.54) is 52.2 Å². The summed E-state index contributed by atoms with van der Waals surface area (Å²) < 4.78 is 44.6. The molecule has 0 radical (unpaired) electrons. The maximum atomic E-state index is 12.6. The third kappa shape index (κ3) is 8.01. The first-order chi connectivity index (χ1) is 21.2. The van der Waals surface area contributed by atoms with Crippen LogP contribution in [0.3, 0.4) is 0 Å². The molecule has 2 aromatic heterocycles. The van der Waals surface area contributed by atoms with Gasteiger partial charge in [0.05, 0.1) is 11.4 Å². The largest absolute Gasteiger partial charge is 0.573 e. The first kappa shape index (κ1) is 30.7. The van der Waals surface area contributed by atoms with E-state index in [9.17, 15) is 18.0 Å². The summed E-state index contributed by atoms with van der Waals surface area (Å²) in [4.78, 5) is 21.9. The Morgan fingerprint density at radius 2 is 1.82 bits per heavy atom. The molecule has 228 valence electrons. The molecular weight excluding hydrogens is 589 g/mol. The maximum Gasteiger partial charge on any atom is 0.573 e. The van der Waals surface area contributed by atoms with Gasteiger partial charge in [-0.25, -0.2) is 14.5 Å². The van der Waals surface area contributed by atoms with E-state index in [0.717, 1.165) is 48.1 Å². The summed E-state index contributed by atoms with van der Waals surface area (Å²) in [5.74, 6) is 0.181. The number of amides is 2. The molecule has 0 fully saturated rings. The summed E-state index contributed by atoms with van der Waals surface area (Å²) in [6.45, 7) is 4.69. The van der Waals surface area contributed by atoms with Gasteiger partial charge in [-0.05, 0) is 73.2 Å². The molecule has 8 nitrogen and oxygen atoms in total. The van der Waals surface area contributed by atoms with Crippen LogP contribution in [-0.4, -0.2) is 38.3 Å². The van der Waals surface area contributed by atoms with E-state index >= 15 is 0 Å². The molecule has 2 amide bonds. The highest BCUT2D eigenvalue weighted by Crippen LogP contribution is 2.24. The van der Waals surface area contributed by atoms with E-state index in [1.54, 1.807) is 0 Å². The first-order valence-electron chi connectivity index (χ1n) is 14.1. The summed E-state index contributed by atoms with van der Waals surface area (Å²) in [7, 11) is 0. The molecule has 5 aromatic rings. The number of hydrogen-bond donors (Lipinski definition) is 1. The summed E-state index contributed by atoms with van der Waals surface area (Å²) in [6, 6.07) is 19.2. The standard InChI is InChI=1S/C32H31F3N6O2S/c1-3-5-24-10-7-22(2)20-28(24)40-18-19-44-31(40)38-30(42)36-17-4-6-23-8-11-25(12-9-23)29-37-21-41(39-29)26-13-15-27(16-14-26)43-32(33,34)35/h7-16,18-21H,3-6,17H2,1-2H3,(H,36,42)/b38-31-. The number of carbonyl (C=O) groups excluding carboxylic acids is 1. The lowest BCUT2D eigenvalue weighted by Gasteiger charge is -2.11. The van der Waals surface area contributed by atoms with Crippen LogP contribution >= 0.6 is 11.3 Å². The van der Waals surface area contributed by atoms with Crippen LogP contribution in [0.15, 0.2) is 89.6 Å². The molecule has 0 bridgehead atoms. The molecule has 44 heavy (non-hydrogen) atoms. The van der Waals surface area contributed by atoms with Gasteiger partial charge in [0.15, 0.2) is 10.6 Å². The van der Waals surface area contributed by atoms with Crippen LogP contribution in [0.4, 0.5) is 18.0 Å². The smallest absolute Gasteiger partial charge is 0.406 e. The van der Waals surface area contributed by atoms with Crippen LogP contribution in [0, 0.1) is 6.92 Å². The van der Waals surface area contributed by atoms with Crippen LogP contribution in [0.5, 0.6) is 5.75 Å². The second-order valence-electron chi connectivity index (χ2n) is 10.1. The summed E-state index contributed by atoms with van der Waals surface area (Å²) in [5.41, 5.74) is 5.88. The molecule has 0 atom stereocenters. The van der Waals surface area contributed by atoms with Crippen molar-refractivity contribution in [3.05, 3.63) is 106 Å². The number of benzene rings is 3. The SMILES string of the molecule is CCCc1ccc(C)cc1-n1ccs/c1=N\C(=O)NCCCc1ccc(-c2ncn(-c3ccc(OC(F)(F)F)cc3)n2)cc1. The molecule has 0 spiro atoms. The minimum Gasteiger partial charge on any atom is -0.406 e. The van der Waals surface area contributed by atoms with Crippen molar-refractivity contribution in [1.82, 2.24) is 24.6 Å². The highest BCUT2D eigenvalue weighted by molar-refractivity contribution is 7.07. The van der Waals surface area contributed by atoms with Crippen LogP contribution in [0.25, 0.3) is 22.8 Å². The molecule has 0 aliphatic heterocycles. The molecule has 3 aromatic carbocycles. The fourth-order valence-electron chi connectivity index (χ4n) is 4.67. The van der Waals surface area contributed by atoms with Crippen LogP contribution in [-0.2, 0) is 12.8 Å². The Labute approximate surface area is 256 Å². The lowest BCUT2D eigenvalue weighted by Crippen LogP contribution is -2.25. The number of aryl methyl sites for hydroxylation is 3. The van der Waals surface area contributed by atoms with Gasteiger partial charge in [0.1, 0.15) is 12.1 Å². The average Bonchev–Trinajstić information content (AvgIpc) is 3.67. The molecule has 5 rings (SSSR count). The van der Waals surface area contributed by atoms with Crippen LogP contribution in [0.2, 0.25) is 0 Å². The van der Waals surface area contributed by atoms with Gasteiger partial charge < -0.3 is 10.1 Å². The predicted octanol–water partition coefficient (Wildman–Crippen LogP) is 7.19. The van der Waals surface area contributed by atoms with E-state index in [2.05, 4.69) is 57.2 Å². The van der Waals surface area contributed by atoms with Gasteiger partial charge in [-0.2, -0.15) is 4.99 Å². The predicted molar refractivity (Wildman–Crippen MR) is 163 cm³/mol. The zero-order valence-corrected chi connectivity index (χ0v) is 25.0. The fourth-order valence-corrected chi connectivity index (χ4v) is 5.38. The zero-order chi connectivity index (χ0) is 31.1. The number of halogens is 3. The number of carbonyl (C=O) groups is 1. The number of thiazole rings is 1. The molecule has 12 heteroatoms. The van der Waals surface area contributed by atoms with Crippen molar-refractivity contribution in [2.45, 2.75) is 45.9 Å². The van der Waals surface area contributed by atoms with E-state index in [0.29, 0.717) is 22.9 Å². The van der Waals surface area contributed by atoms with Gasteiger partial charge in [-0.15, -0.1) is 29.6 Å². The van der Waals surface area contributed by atoms with Crippen LogP contribution in [0.1, 0.15) is 36.5 Å². The Hall–Kier alpha value is -4.71. The molecule has 0 aliphatic carbocycles. The molecule has 0 saturated heterocycles. The van der Waals surface area contributed by atoms with Crippen LogP contribution < -0.4 is 14.9 Å². The number of ether oxygens (including phenoxy) is 1. The summed E-state index contributed by atoms with van der Waals surface area (Å²) in [6.07, 6.45) is 2.19. The number of nitrogens with one attached hydrogen (secondary N) is 1. The summed E-state index contributed by atoms with van der Waals surface area (Å²) in [5, 5.41) is 9.26. The number of aromatic nitrogens is 4. The third-order valence-corrected chi connectivity index (χ3v) is 7.52. The number of urea groups is 1. The van der Waals surface area contributed by atoms with E-state index in [1.807, 2.05) is 40.4 Å². The van der Waals surface area contributed by atoms with Gasteiger partial charge in [-0.3, -0.25) is 4.57 Å². The molecular formula is C32H31F3N6O2S. The van der Waals surface area contributed by atoms with E-state index in [4.69, 9.17) is 0 Å². The van der Waals surface area contributed by atoms with Gasteiger partial charge >= 0.3 is 12.4 Å². The monoisotopic (exact) mass is 620 g/mol. The zero-order valence-electron chi connectivity index (χ0n) is 24.2. The maximum absolute atomic E-state index is 12.6. The van der Waals surface area contributed by atoms with Crippen molar-refractivity contribution < 1.29 is 22.7 Å². The number of rotatable bonds is 10.